The molecule has 19 heavy (non-hydrogen) atoms. The summed E-state index contributed by atoms with van der Waals surface area (Å²) in [5.41, 5.74) is 1.80. The monoisotopic (exact) mass is 280 g/mol. The molecule has 2 aromatic rings. The van der Waals surface area contributed by atoms with Crippen molar-refractivity contribution in [3.63, 3.8) is 0 Å². The maximum absolute atomic E-state index is 12.0. The van der Waals surface area contributed by atoms with Gasteiger partial charge in [-0.2, -0.15) is 5.10 Å². The minimum absolute atomic E-state index is 0. The van der Waals surface area contributed by atoms with E-state index in [1.54, 1.807) is 6.20 Å². The van der Waals surface area contributed by atoms with Gasteiger partial charge in [-0.25, -0.2) is 0 Å². The van der Waals surface area contributed by atoms with Crippen molar-refractivity contribution in [2.45, 2.75) is 25.3 Å². The van der Waals surface area contributed by atoms with Crippen LogP contribution in [0.3, 0.4) is 0 Å². The summed E-state index contributed by atoms with van der Waals surface area (Å²) in [4.78, 5) is 12.0. The lowest BCUT2D eigenvalue weighted by Gasteiger charge is -2.22. The zero-order chi connectivity index (χ0) is 12.4. The first kappa shape index (κ1) is 13.8. The summed E-state index contributed by atoms with van der Waals surface area (Å²) >= 11 is 0. The molecule has 1 aliphatic heterocycles. The van der Waals surface area contributed by atoms with E-state index in [9.17, 15) is 4.79 Å². The number of benzene rings is 1. The number of fused-ring (bicyclic) bond motifs is 1. The molecule has 1 saturated heterocycles. The van der Waals surface area contributed by atoms with Gasteiger partial charge in [0.1, 0.15) is 0 Å². The minimum atomic E-state index is -0.0567. The first-order valence-corrected chi connectivity index (χ1v) is 6.30. The van der Waals surface area contributed by atoms with E-state index in [2.05, 4.69) is 20.8 Å². The number of rotatable bonds is 2. The van der Waals surface area contributed by atoms with E-state index >= 15 is 0 Å². The summed E-state index contributed by atoms with van der Waals surface area (Å²) in [5.74, 6) is 0.0533. The molecule has 0 aliphatic carbocycles. The molecule has 1 atom stereocenters. The van der Waals surface area contributed by atoms with Gasteiger partial charge in [-0.15, -0.1) is 12.4 Å². The Morgan fingerprint density at radius 1 is 1.37 bits per heavy atom. The molecule has 1 unspecified atom stereocenters. The van der Waals surface area contributed by atoms with Crippen LogP contribution >= 0.6 is 12.4 Å². The van der Waals surface area contributed by atoms with Crippen molar-refractivity contribution in [3.8, 4) is 0 Å². The SMILES string of the molecule is Cl.O=C(Nc1ccc2[nH]ncc2c1)C1CCCCN1. The van der Waals surface area contributed by atoms with Gasteiger partial charge in [0.15, 0.2) is 0 Å². The number of nitrogens with zero attached hydrogens (tertiary/aromatic N) is 1. The summed E-state index contributed by atoms with van der Waals surface area (Å²) < 4.78 is 0. The third-order valence-electron chi connectivity index (χ3n) is 3.33. The molecule has 1 aliphatic rings. The summed E-state index contributed by atoms with van der Waals surface area (Å²) in [6.07, 6.45) is 4.94. The molecule has 2 heterocycles. The molecule has 1 fully saturated rings. The van der Waals surface area contributed by atoms with Crippen LogP contribution in [0.5, 0.6) is 0 Å². The second-order valence-electron chi connectivity index (χ2n) is 4.66. The van der Waals surface area contributed by atoms with Crippen molar-refractivity contribution in [2.24, 2.45) is 0 Å². The molecule has 0 saturated carbocycles. The molecule has 0 radical (unpaired) electrons. The number of carbonyl (C=O) groups excluding carboxylic acids is 1. The third kappa shape index (κ3) is 3.05. The van der Waals surface area contributed by atoms with E-state index < -0.39 is 0 Å². The van der Waals surface area contributed by atoms with E-state index in [0.29, 0.717) is 0 Å². The van der Waals surface area contributed by atoms with Gasteiger partial charge in [-0.1, -0.05) is 6.42 Å². The third-order valence-corrected chi connectivity index (χ3v) is 3.33. The quantitative estimate of drug-likeness (QED) is 0.789. The Balaban J connectivity index is 0.00000133. The van der Waals surface area contributed by atoms with Crippen LogP contribution in [0.25, 0.3) is 10.9 Å². The largest absolute Gasteiger partial charge is 0.325 e. The number of halogens is 1. The number of carbonyl (C=O) groups is 1. The van der Waals surface area contributed by atoms with Gasteiger partial charge < -0.3 is 10.6 Å². The van der Waals surface area contributed by atoms with Crippen molar-refractivity contribution in [1.29, 1.82) is 0 Å². The molecule has 5 nitrogen and oxygen atoms in total. The lowest BCUT2D eigenvalue weighted by Crippen LogP contribution is -2.43. The number of piperidine rings is 1. The van der Waals surface area contributed by atoms with Crippen LogP contribution in [0.4, 0.5) is 5.69 Å². The van der Waals surface area contributed by atoms with Crippen molar-refractivity contribution >= 4 is 34.9 Å². The van der Waals surface area contributed by atoms with Crippen molar-refractivity contribution in [1.82, 2.24) is 15.5 Å². The lowest BCUT2D eigenvalue weighted by molar-refractivity contribution is -0.118. The Labute approximate surface area is 117 Å². The van der Waals surface area contributed by atoms with Crippen molar-refractivity contribution in [2.75, 3.05) is 11.9 Å². The number of hydrogen-bond acceptors (Lipinski definition) is 3. The molecule has 0 bridgehead atoms. The standard InChI is InChI=1S/C13H16N4O.ClH/c18-13(12-3-1-2-6-14-12)16-10-4-5-11-9(7-10)8-15-17-11;/h4-5,7-8,12,14H,1-3,6H2,(H,15,17)(H,16,18);1H. The first-order chi connectivity index (χ1) is 8.83. The Morgan fingerprint density at radius 3 is 3.05 bits per heavy atom. The molecular weight excluding hydrogens is 264 g/mol. The number of H-pyrrole nitrogens is 1. The predicted molar refractivity (Wildman–Crippen MR) is 77.6 cm³/mol. The number of nitrogens with one attached hydrogen (secondary N) is 3. The van der Waals surface area contributed by atoms with E-state index in [4.69, 9.17) is 0 Å². The van der Waals surface area contributed by atoms with E-state index in [-0.39, 0.29) is 24.4 Å². The number of anilines is 1. The van der Waals surface area contributed by atoms with Crippen LogP contribution < -0.4 is 10.6 Å². The van der Waals surface area contributed by atoms with Gasteiger partial charge in [0.05, 0.1) is 17.8 Å². The number of aromatic nitrogens is 2. The van der Waals surface area contributed by atoms with Gasteiger partial charge in [-0.05, 0) is 37.6 Å². The fourth-order valence-corrected chi connectivity index (χ4v) is 2.33. The molecule has 3 N–H and O–H groups in total. The van der Waals surface area contributed by atoms with Crippen molar-refractivity contribution in [3.05, 3.63) is 24.4 Å². The molecule has 3 rings (SSSR count). The van der Waals surface area contributed by atoms with Crippen LogP contribution in [0.1, 0.15) is 19.3 Å². The van der Waals surface area contributed by atoms with Gasteiger partial charge >= 0.3 is 0 Å². The highest BCUT2D eigenvalue weighted by Gasteiger charge is 2.20. The second kappa shape index (κ2) is 6.04. The minimum Gasteiger partial charge on any atom is -0.325 e. The highest BCUT2D eigenvalue weighted by atomic mass is 35.5. The predicted octanol–water partition coefficient (Wildman–Crippen LogP) is 2.07. The lowest BCUT2D eigenvalue weighted by atomic mass is 10.0. The highest BCUT2D eigenvalue weighted by Crippen LogP contribution is 2.17. The topological polar surface area (TPSA) is 69.8 Å². The Bertz CT molecular complexity index is 563. The molecule has 1 amide bonds. The summed E-state index contributed by atoms with van der Waals surface area (Å²) in [6.45, 7) is 0.929. The van der Waals surface area contributed by atoms with Crippen LogP contribution in [0, 0.1) is 0 Å². The summed E-state index contributed by atoms with van der Waals surface area (Å²) in [6, 6.07) is 5.69. The fourth-order valence-electron chi connectivity index (χ4n) is 2.33. The van der Waals surface area contributed by atoms with Crippen LogP contribution in [-0.2, 0) is 4.79 Å². The Hall–Kier alpha value is -1.59. The van der Waals surface area contributed by atoms with Crippen LogP contribution in [0.15, 0.2) is 24.4 Å². The number of amides is 1. The van der Waals surface area contributed by atoms with Gasteiger partial charge in [-0.3, -0.25) is 9.89 Å². The zero-order valence-corrected chi connectivity index (χ0v) is 11.3. The summed E-state index contributed by atoms with van der Waals surface area (Å²) in [5, 5.41) is 14.0. The average Bonchev–Trinajstić information content (AvgIpc) is 2.87. The molecule has 6 heteroatoms. The smallest absolute Gasteiger partial charge is 0.241 e. The van der Waals surface area contributed by atoms with Gasteiger partial charge in [0, 0.05) is 11.1 Å². The maximum atomic E-state index is 12.0. The molecule has 1 aromatic carbocycles. The summed E-state index contributed by atoms with van der Waals surface area (Å²) in [7, 11) is 0. The molecular formula is C13H17ClN4O. The highest BCUT2D eigenvalue weighted by molar-refractivity contribution is 5.96. The first-order valence-electron chi connectivity index (χ1n) is 6.30. The van der Waals surface area contributed by atoms with Gasteiger partial charge in [0.2, 0.25) is 5.91 Å². The fraction of sp³-hybridized carbons (Fsp3) is 0.385. The second-order valence-corrected chi connectivity index (χ2v) is 4.66. The van der Waals surface area contributed by atoms with Crippen molar-refractivity contribution < 1.29 is 4.79 Å². The average molecular weight is 281 g/mol. The van der Waals surface area contributed by atoms with Crippen LogP contribution in [-0.4, -0.2) is 28.7 Å². The van der Waals surface area contributed by atoms with Crippen LogP contribution in [0.2, 0.25) is 0 Å². The normalized spacial score (nSPS) is 18.8. The number of aromatic amines is 1. The molecule has 0 spiro atoms. The zero-order valence-electron chi connectivity index (χ0n) is 10.5. The number of hydrogen-bond donors (Lipinski definition) is 3. The van der Waals surface area contributed by atoms with E-state index in [1.807, 2.05) is 18.2 Å². The molecule has 1 aromatic heterocycles. The van der Waals surface area contributed by atoms with E-state index in [0.717, 1.165) is 42.4 Å². The molecule has 102 valence electrons. The Kier molecular flexibility index (Phi) is 4.39. The maximum Gasteiger partial charge on any atom is 0.241 e. The van der Waals surface area contributed by atoms with Gasteiger partial charge in [0.25, 0.3) is 0 Å². The Morgan fingerprint density at radius 2 is 2.26 bits per heavy atom. The van der Waals surface area contributed by atoms with E-state index in [1.165, 1.54) is 0 Å².